The second kappa shape index (κ2) is 5.95. The molecule has 0 atom stereocenters. The van der Waals surface area contributed by atoms with Gasteiger partial charge in [-0.3, -0.25) is 0 Å². The highest BCUT2D eigenvalue weighted by Crippen LogP contribution is 2.35. The number of benzene rings is 2. The van der Waals surface area contributed by atoms with Gasteiger partial charge in [-0.1, -0.05) is 36.4 Å². The van der Waals surface area contributed by atoms with E-state index in [1.165, 1.54) is 4.90 Å². The molecule has 1 saturated heterocycles. The summed E-state index contributed by atoms with van der Waals surface area (Å²) in [5.41, 5.74) is 1.83. The first-order valence-corrected chi connectivity index (χ1v) is 6.67. The van der Waals surface area contributed by atoms with Crippen LogP contribution >= 0.6 is 0 Å². The van der Waals surface area contributed by atoms with Crippen LogP contribution in [0.25, 0.3) is 0 Å². The largest absolute Gasteiger partial charge is 0.464 e. The zero-order valence-electron chi connectivity index (χ0n) is 11.3. The third-order valence-corrected chi connectivity index (χ3v) is 3.26. The quantitative estimate of drug-likeness (QED) is 0.937. The molecule has 1 amide bonds. The molecule has 2 aromatic rings. The summed E-state index contributed by atoms with van der Waals surface area (Å²) in [5, 5.41) is 9.59. The molecule has 0 radical (unpaired) electrons. The maximum Gasteiger partial charge on any atom is 0.416 e. The first-order chi connectivity index (χ1) is 10.3. The Balaban J connectivity index is 2.06. The Morgan fingerprint density at radius 2 is 1.62 bits per heavy atom. The molecule has 21 heavy (non-hydrogen) atoms. The SMILES string of the molecule is O=C(O)N(c1ccccc1)c1ccccc1C1OCCO1. The lowest BCUT2D eigenvalue weighted by Crippen LogP contribution is -2.25. The van der Waals surface area contributed by atoms with Gasteiger partial charge in [-0.2, -0.15) is 0 Å². The molecule has 2 aromatic carbocycles. The van der Waals surface area contributed by atoms with Gasteiger partial charge in [0, 0.05) is 5.56 Å². The summed E-state index contributed by atoms with van der Waals surface area (Å²) in [5.74, 6) is 0. The van der Waals surface area contributed by atoms with Crippen LogP contribution < -0.4 is 4.90 Å². The Morgan fingerprint density at radius 3 is 2.29 bits per heavy atom. The molecule has 3 rings (SSSR count). The highest BCUT2D eigenvalue weighted by atomic mass is 16.7. The standard InChI is InChI=1S/C16H15NO4/c18-16(19)17(12-6-2-1-3-7-12)14-9-5-4-8-13(14)15-20-10-11-21-15/h1-9,15H,10-11H2,(H,18,19). The van der Waals surface area contributed by atoms with Crippen molar-refractivity contribution >= 4 is 17.5 Å². The molecular formula is C16H15NO4. The Bertz CT molecular complexity index is 623. The molecule has 1 aliphatic rings. The van der Waals surface area contributed by atoms with Gasteiger partial charge < -0.3 is 14.6 Å². The predicted octanol–water partition coefficient (Wildman–Crippen LogP) is 3.55. The number of ether oxygens (including phenoxy) is 2. The molecule has 0 aliphatic carbocycles. The van der Waals surface area contributed by atoms with Gasteiger partial charge in [0.2, 0.25) is 0 Å². The molecule has 1 heterocycles. The smallest absolute Gasteiger partial charge is 0.416 e. The Hall–Kier alpha value is -2.37. The van der Waals surface area contributed by atoms with Crippen molar-refractivity contribution in [2.24, 2.45) is 0 Å². The molecule has 1 N–H and O–H groups in total. The highest BCUT2D eigenvalue weighted by Gasteiger charge is 2.26. The Morgan fingerprint density at radius 1 is 1.00 bits per heavy atom. The third-order valence-electron chi connectivity index (χ3n) is 3.26. The molecule has 0 aromatic heterocycles. The van der Waals surface area contributed by atoms with Gasteiger partial charge in [-0.05, 0) is 18.2 Å². The summed E-state index contributed by atoms with van der Waals surface area (Å²) in [6, 6.07) is 16.2. The summed E-state index contributed by atoms with van der Waals surface area (Å²) < 4.78 is 11.0. The van der Waals surface area contributed by atoms with E-state index >= 15 is 0 Å². The molecule has 0 bridgehead atoms. The van der Waals surface area contributed by atoms with E-state index in [4.69, 9.17) is 9.47 Å². The van der Waals surface area contributed by atoms with Crippen LogP contribution in [0, 0.1) is 0 Å². The molecule has 108 valence electrons. The summed E-state index contributed by atoms with van der Waals surface area (Å²) >= 11 is 0. The zero-order valence-corrected chi connectivity index (χ0v) is 11.3. The van der Waals surface area contributed by atoms with Crippen molar-refractivity contribution in [3.63, 3.8) is 0 Å². The number of carboxylic acid groups (broad SMARTS) is 1. The van der Waals surface area contributed by atoms with E-state index in [1.807, 2.05) is 18.2 Å². The number of para-hydroxylation sites is 2. The fraction of sp³-hybridized carbons (Fsp3) is 0.188. The number of anilines is 2. The molecule has 5 heteroatoms. The fourth-order valence-electron chi connectivity index (χ4n) is 2.36. The average molecular weight is 285 g/mol. The van der Waals surface area contributed by atoms with Gasteiger partial charge in [0.15, 0.2) is 6.29 Å². The summed E-state index contributed by atoms with van der Waals surface area (Å²) in [6.07, 6.45) is -1.57. The van der Waals surface area contributed by atoms with Gasteiger partial charge in [0.05, 0.1) is 24.6 Å². The molecule has 1 aliphatic heterocycles. The number of rotatable bonds is 3. The van der Waals surface area contributed by atoms with E-state index in [2.05, 4.69) is 0 Å². The van der Waals surface area contributed by atoms with E-state index in [0.717, 1.165) is 0 Å². The van der Waals surface area contributed by atoms with Crippen LogP contribution in [-0.2, 0) is 9.47 Å². The van der Waals surface area contributed by atoms with Crippen LogP contribution in [0.15, 0.2) is 54.6 Å². The number of hydrogen-bond acceptors (Lipinski definition) is 3. The minimum absolute atomic E-state index is 0.511. The second-order valence-corrected chi connectivity index (χ2v) is 4.59. The van der Waals surface area contributed by atoms with Crippen LogP contribution in [0.1, 0.15) is 11.9 Å². The highest BCUT2D eigenvalue weighted by molar-refractivity contribution is 5.95. The number of carbonyl (C=O) groups is 1. The van der Waals surface area contributed by atoms with Crippen LogP contribution in [0.5, 0.6) is 0 Å². The minimum atomic E-state index is -1.05. The Labute approximate surface area is 122 Å². The third kappa shape index (κ3) is 2.74. The van der Waals surface area contributed by atoms with Crippen molar-refractivity contribution in [3.05, 3.63) is 60.2 Å². The number of hydrogen-bond donors (Lipinski definition) is 1. The zero-order chi connectivity index (χ0) is 14.7. The normalized spacial score (nSPS) is 15.0. The molecule has 1 fully saturated rings. The average Bonchev–Trinajstić information content (AvgIpc) is 3.03. The van der Waals surface area contributed by atoms with Gasteiger partial charge in [-0.15, -0.1) is 0 Å². The van der Waals surface area contributed by atoms with Crippen molar-refractivity contribution in [1.82, 2.24) is 0 Å². The van der Waals surface area contributed by atoms with Crippen LogP contribution in [0.3, 0.4) is 0 Å². The lowest BCUT2D eigenvalue weighted by atomic mass is 10.1. The maximum absolute atomic E-state index is 11.7. The lowest BCUT2D eigenvalue weighted by molar-refractivity contribution is -0.0436. The lowest BCUT2D eigenvalue weighted by Gasteiger charge is -2.24. The minimum Gasteiger partial charge on any atom is -0.464 e. The van der Waals surface area contributed by atoms with Crippen LogP contribution in [0.2, 0.25) is 0 Å². The molecule has 5 nitrogen and oxygen atoms in total. The molecular weight excluding hydrogens is 270 g/mol. The topological polar surface area (TPSA) is 59.0 Å². The van der Waals surface area contributed by atoms with Crippen molar-refractivity contribution in [2.75, 3.05) is 18.1 Å². The first-order valence-electron chi connectivity index (χ1n) is 6.67. The molecule has 0 spiro atoms. The Kier molecular flexibility index (Phi) is 3.85. The van der Waals surface area contributed by atoms with Crippen molar-refractivity contribution < 1.29 is 19.4 Å². The van der Waals surface area contributed by atoms with Crippen LogP contribution in [0.4, 0.5) is 16.2 Å². The van der Waals surface area contributed by atoms with Gasteiger partial charge in [0.1, 0.15) is 0 Å². The predicted molar refractivity (Wildman–Crippen MR) is 77.7 cm³/mol. The van der Waals surface area contributed by atoms with Crippen molar-refractivity contribution in [3.8, 4) is 0 Å². The molecule has 0 saturated carbocycles. The number of amides is 1. The van der Waals surface area contributed by atoms with Gasteiger partial charge in [0.25, 0.3) is 0 Å². The van der Waals surface area contributed by atoms with E-state index in [1.54, 1.807) is 36.4 Å². The number of nitrogens with zero attached hydrogens (tertiary/aromatic N) is 1. The molecule has 0 unspecified atom stereocenters. The van der Waals surface area contributed by atoms with E-state index in [9.17, 15) is 9.90 Å². The van der Waals surface area contributed by atoms with E-state index in [0.29, 0.717) is 30.2 Å². The van der Waals surface area contributed by atoms with Crippen molar-refractivity contribution in [1.29, 1.82) is 0 Å². The van der Waals surface area contributed by atoms with E-state index < -0.39 is 12.4 Å². The fourth-order valence-corrected chi connectivity index (χ4v) is 2.36. The van der Waals surface area contributed by atoms with Gasteiger partial charge in [-0.25, -0.2) is 9.69 Å². The second-order valence-electron chi connectivity index (χ2n) is 4.59. The van der Waals surface area contributed by atoms with Crippen LogP contribution in [-0.4, -0.2) is 24.4 Å². The first kappa shape index (κ1) is 13.6. The van der Waals surface area contributed by atoms with Crippen molar-refractivity contribution in [2.45, 2.75) is 6.29 Å². The van der Waals surface area contributed by atoms with Gasteiger partial charge >= 0.3 is 6.09 Å². The maximum atomic E-state index is 11.7. The summed E-state index contributed by atoms with van der Waals surface area (Å²) in [7, 11) is 0. The summed E-state index contributed by atoms with van der Waals surface area (Å²) in [6.45, 7) is 1.02. The monoisotopic (exact) mass is 285 g/mol. The van der Waals surface area contributed by atoms with E-state index in [-0.39, 0.29) is 0 Å². The summed E-state index contributed by atoms with van der Waals surface area (Å²) in [4.78, 5) is 12.9.